The third kappa shape index (κ3) is 6.91. The Labute approximate surface area is 184 Å². The number of esters is 1. The highest BCUT2D eigenvalue weighted by atomic mass is 16.5. The van der Waals surface area contributed by atoms with Gasteiger partial charge in [-0.1, -0.05) is 49.4 Å². The Balaban J connectivity index is 1.47. The van der Waals surface area contributed by atoms with Crippen molar-refractivity contribution in [1.82, 2.24) is 10.2 Å². The van der Waals surface area contributed by atoms with Gasteiger partial charge in [-0.15, -0.1) is 0 Å². The monoisotopic (exact) mass is 424 g/mol. The molecule has 0 radical (unpaired) electrons. The zero-order valence-electron chi connectivity index (χ0n) is 18.4. The molecule has 1 aliphatic rings. The van der Waals surface area contributed by atoms with Crippen LogP contribution >= 0.6 is 0 Å². The first kappa shape index (κ1) is 23.0. The van der Waals surface area contributed by atoms with Crippen LogP contribution in [0.1, 0.15) is 47.7 Å². The first-order chi connectivity index (χ1) is 15.1. The maximum atomic E-state index is 12.4. The van der Waals surface area contributed by atoms with Crippen molar-refractivity contribution in [3.05, 3.63) is 71.3 Å². The molecule has 0 bridgehead atoms. The summed E-state index contributed by atoms with van der Waals surface area (Å²) in [7, 11) is 0. The van der Waals surface area contributed by atoms with Crippen LogP contribution in [0.3, 0.4) is 0 Å². The van der Waals surface area contributed by atoms with Crippen LogP contribution in [-0.2, 0) is 20.8 Å². The molecule has 6 heteroatoms. The van der Waals surface area contributed by atoms with E-state index in [1.54, 1.807) is 19.1 Å². The van der Waals surface area contributed by atoms with Crippen LogP contribution in [0.2, 0.25) is 0 Å². The average Bonchev–Trinajstić information content (AvgIpc) is 2.81. The molecule has 2 aromatic rings. The smallest absolute Gasteiger partial charge is 0.338 e. The van der Waals surface area contributed by atoms with Crippen molar-refractivity contribution in [2.24, 2.45) is 0 Å². The number of morpholine rings is 1. The second kappa shape index (κ2) is 11.6. The van der Waals surface area contributed by atoms with E-state index in [9.17, 15) is 9.59 Å². The number of nitrogens with zero attached hydrogens (tertiary/aromatic N) is 1. The van der Waals surface area contributed by atoms with Crippen LogP contribution in [0, 0.1) is 0 Å². The van der Waals surface area contributed by atoms with E-state index in [-0.39, 0.29) is 11.8 Å². The van der Waals surface area contributed by atoms with Gasteiger partial charge in [0.15, 0.2) is 6.10 Å². The standard InChI is InChI=1S/C25H32N2O4/c1-3-21(22-7-5-4-6-8-22)17-26-24(28)19(2)31-25(29)23-11-9-20(10-12-23)18-27-13-15-30-16-14-27/h4-12,19,21H,3,13-18H2,1-2H3,(H,26,28)/t19-,21-/m1/s1. The fraction of sp³-hybridized carbons (Fsp3) is 0.440. The predicted octanol–water partition coefficient (Wildman–Crippen LogP) is 3.37. The number of benzene rings is 2. The number of nitrogens with one attached hydrogen (secondary N) is 1. The number of hydrogen-bond acceptors (Lipinski definition) is 5. The maximum absolute atomic E-state index is 12.4. The number of carbonyl (C=O) groups excluding carboxylic acids is 2. The number of amides is 1. The quantitative estimate of drug-likeness (QED) is 0.625. The summed E-state index contributed by atoms with van der Waals surface area (Å²) in [5.74, 6) is -0.547. The van der Waals surface area contributed by atoms with Crippen LogP contribution in [0.15, 0.2) is 54.6 Å². The molecule has 1 amide bonds. The van der Waals surface area contributed by atoms with Gasteiger partial charge >= 0.3 is 5.97 Å². The lowest BCUT2D eigenvalue weighted by Gasteiger charge is -2.26. The Bertz CT molecular complexity index is 832. The number of carbonyl (C=O) groups is 2. The summed E-state index contributed by atoms with van der Waals surface area (Å²) in [6.45, 7) is 8.39. The first-order valence-corrected chi connectivity index (χ1v) is 11.0. The maximum Gasteiger partial charge on any atom is 0.338 e. The van der Waals surface area contributed by atoms with E-state index < -0.39 is 12.1 Å². The predicted molar refractivity (Wildman–Crippen MR) is 120 cm³/mol. The van der Waals surface area contributed by atoms with Crippen molar-refractivity contribution in [2.45, 2.75) is 38.8 Å². The molecule has 1 heterocycles. The fourth-order valence-electron chi connectivity index (χ4n) is 3.64. The van der Waals surface area contributed by atoms with Crippen LogP contribution in [-0.4, -0.2) is 55.7 Å². The Hall–Kier alpha value is -2.70. The lowest BCUT2D eigenvalue weighted by molar-refractivity contribution is -0.129. The van der Waals surface area contributed by atoms with Crippen LogP contribution in [0.5, 0.6) is 0 Å². The lowest BCUT2D eigenvalue weighted by atomic mass is 9.96. The van der Waals surface area contributed by atoms with Gasteiger partial charge in [0, 0.05) is 32.1 Å². The van der Waals surface area contributed by atoms with Gasteiger partial charge in [-0.3, -0.25) is 9.69 Å². The summed E-state index contributed by atoms with van der Waals surface area (Å²) < 4.78 is 10.7. The minimum atomic E-state index is -0.853. The Morgan fingerprint density at radius 3 is 2.39 bits per heavy atom. The SMILES string of the molecule is CC[C@H](CNC(=O)[C@@H](C)OC(=O)c1ccc(CN2CCOCC2)cc1)c1ccccc1. The van der Waals surface area contributed by atoms with Crippen molar-refractivity contribution in [1.29, 1.82) is 0 Å². The molecule has 0 unspecified atom stereocenters. The van der Waals surface area contributed by atoms with Crippen LogP contribution in [0.25, 0.3) is 0 Å². The highest BCUT2D eigenvalue weighted by Crippen LogP contribution is 2.18. The molecule has 2 atom stereocenters. The highest BCUT2D eigenvalue weighted by molar-refractivity contribution is 5.92. The third-order valence-corrected chi connectivity index (χ3v) is 5.64. The van der Waals surface area contributed by atoms with Gasteiger partial charge in [0.05, 0.1) is 18.8 Å². The molecule has 0 aliphatic carbocycles. The number of rotatable bonds is 9. The molecule has 0 spiro atoms. The molecular weight excluding hydrogens is 392 g/mol. The lowest BCUT2D eigenvalue weighted by Crippen LogP contribution is -2.38. The van der Waals surface area contributed by atoms with Gasteiger partial charge in [0.25, 0.3) is 5.91 Å². The summed E-state index contributed by atoms with van der Waals surface area (Å²) in [5, 5.41) is 2.91. The van der Waals surface area contributed by atoms with E-state index in [4.69, 9.17) is 9.47 Å². The molecule has 3 rings (SSSR count). The van der Waals surface area contributed by atoms with Crippen molar-refractivity contribution in [3.63, 3.8) is 0 Å². The van der Waals surface area contributed by atoms with Gasteiger partial charge in [0.1, 0.15) is 0 Å². The molecule has 0 saturated carbocycles. The van der Waals surface area contributed by atoms with Crippen LogP contribution < -0.4 is 5.32 Å². The minimum Gasteiger partial charge on any atom is -0.449 e. The van der Waals surface area contributed by atoms with E-state index in [0.29, 0.717) is 12.1 Å². The van der Waals surface area contributed by atoms with E-state index in [1.807, 2.05) is 30.3 Å². The molecule has 1 saturated heterocycles. The Kier molecular flexibility index (Phi) is 8.62. The molecule has 1 aliphatic heterocycles. The topological polar surface area (TPSA) is 67.9 Å². The van der Waals surface area contributed by atoms with Crippen LogP contribution in [0.4, 0.5) is 0 Å². The molecule has 166 valence electrons. The zero-order valence-corrected chi connectivity index (χ0v) is 18.4. The summed E-state index contributed by atoms with van der Waals surface area (Å²) in [6, 6.07) is 17.5. The number of hydrogen-bond donors (Lipinski definition) is 1. The average molecular weight is 425 g/mol. The summed E-state index contributed by atoms with van der Waals surface area (Å²) in [5.41, 5.74) is 2.77. The van der Waals surface area contributed by atoms with E-state index >= 15 is 0 Å². The Morgan fingerprint density at radius 2 is 1.74 bits per heavy atom. The molecule has 31 heavy (non-hydrogen) atoms. The molecule has 2 aromatic carbocycles. The second-order valence-corrected chi connectivity index (χ2v) is 7.89. The summed E-state index contributed by atoms with van der Waals surface area (Å²) in [4.78, 5) is 27.2. The summed E-state index contributed by atoms with van der Waals surface area (Å²) in [6.07, 6.45) is 0.0590. The Morgan fingerprint density at radius 1 is 1.06 bits per heavy atom. The molecule has 0 aromatic heterocycles. The molecular formula is C25H32N2O4. The van der Waals surface area contributed by atoms with Gasteiger partial charge in [-0.05, 0) is 36.6 Å². The van der Waals surface area contributed by atoms with Crippen molar-refractivity contribution >= 4 is 11.9 Å². The molecule has 1 fully saturated rings. The summed E-state index contributed by atoms with van der Waals surface area (Å²) >= 11 is 0. The zero-order chi connectivity index (χ0) is 22.1. The minimum absolute atomic E-state index is 0.229. The fourth-order valence-corrected chi connectivity index (χ4v) is 3.64. The molecule has 1 N–H and O–H groups in total. The van der Waals surface area contributed by atoms with Gasteiger partial charge < -0.3 is 14.8 Å². The van der Waals surface area contributed by atoms with Crippen molar-refractivity contribution in [2.75, 3.05) is 32.8 Å². The molecule has 6 nitrogen and oxygen atoms in total. The van der Waals surface area contributed by atoms with Gasteiger partial charge in [-0.25, -0.2) is 4.79 Å². The first-order valence-electron chi connectivity index (χ1n) is 11.0. The number of ether oxygens (including phenoxy) is 2. The highest BCUT2D eigenvalue weighted by Gasteiger charge is 2.20. The van der Waals surface area contributed by atoms with Crippen molar-refractivity contribution < 1.29 is 19.1 Å². The van der Waals surface area contributed by atoms with Gasteiger partial charge in [-0.2, -0.15) is 0 Å². The van der Waals surface area contributed by atoms with E-state index in [0.717, 1.165) is 44.8 Å². The normalized spacial score (nSPS) is 16.3. The van der Waals surface area contributed by atoms with Crippen molar-refractivity contribution in [3.8, 4) is 0 Å². The third-order valence-electron chi connectivity index (χ3n) is 5.64. The van der Waals surface area contributed by atoms with E-state index in [2.05, 4.69) is 29.3 Å². The largest absolute Gasteiger partial charge is 0.449 e. The van der Waals surface area contributed by atoms with E-state index in [1.165, 1.54) is 5.56 Å². The second-order valence-electron chi connectivity index (χ2n) is 7.89. The van der Waals surface area contributed by atoms with Gasteiger partial charge in [0.2, 0.25) is 0 Å².